The van der Waals surface area contributed by atoms with Gasteiger partial charge in [-0.3, -0.25) is 9.36 Å². The zero-order valence-electron chi connectivity index (χ0n) is 10.9. The van der Waals surface area contributed by atoms with Crippen molar-refractivity contribution in [3.63, 3.8) is 0 Å². The van der Waals surface area contributed by atoms with Crippen LogP contribution in [0.4, 0.5) is 5.69 Å². The zero-order valence-corrected chi connectivity index (χ0v) is 12.5. The smallest absolute Gasteiger partial charge is 0.265 e. The maximum Gasteiger partial charge on any atom is 0.265 e. The van der Waals surface area contributed by atoms with Crippen molar-refractivity contribution in [3.8, 4) is 0 Å². The second-order valence-corrected chi connectivity index (χ2v) is 5.52. The molecular weight excluding hydrogens is 316 g/mol. The molecule has 0 bridgehead atoms. The lowest BCUT2D eigenvalue weighted by Gasteiger charge is -2.10. The maximum absolute atomic E-state index is 12.8. The van der Waals surface area contributed by atoms with Gasteiger partial charge < -0.3 is 5.73 Å². The Kier molecular flexibility index (Phi) is 3.10. The van der Waals surface area contributed by atoms with E-state index in [1.807, 2.05) is 49.4 Å². The molecule has 1 aromatic heterocycles. The predicted octanol–water partition coefficient (Wildman–Crippen LogP) is 3.98. The molecule has 4 heteroatoms. The van der Waals surface area contributed by atoms with Gasteiger partial charge in [-0.05, 0) is 46.6 Å². The van der Waals surface area contributed by atoms with E-state index in [0.717, 1.165) is 21.1 Å². The minimum Gasteiger partial charge on any atom is -0.398 e. The van der Waals surface area contributed by atoms with Gasteiger partial charge in [0.25, 0.3) is 5.91 Å². The monoisotopic (exact) mass is 328 g/mol. The third-order valence-corrected chi connectivity index (χ3v) is 4.01. The third-order valence-electron chi connectivity index (χ3n) is 3.42. The van der Waals surface area contributed by atoms with Crippen molar-refractivity contribution in [2.45, 2.75) is 6.92 Å². The lowest BCUT2D eigenvalue weighted by atomic mass is 10.1. The highest BCUT2D eigenvalue weighted by molar-refractivity contribution is 9.10. The molecule has 100 valence electrons. The van der Waals surface area contributed by atoms with Crippen molar-refractivity contribution in [1.29, 1.82) is 0 Å². The first-order valence-electron chi connectivity index (χ1n) is 6.25. The summed E-state index contributed by atoms with van der Waals surface area (Å²) in [7, 11) is 0. The van der Waals surface area contributed by atoms with Gasteiger partial charge in [-0.25, -0.2) is 0 Å². The van der Waals surface area contributed by atoms with Gasteiger partial charge in [0.05, 0.1) is 15.7 Å². The number of fused-ring (bicyclic) bond motifs is 1. The highest BCUT2D eigenvalue weighted by Crippen LogP contribution is 2.27. The first kappa shape index (κ1) is 12.9. The second-order valence-electron chi connectivity index (χ2n) is 4.70. The Morgan fingerprint density at radius 2 is 1.90 bits per heavy atom. The summed E-state index contributed by atoms with van der Waals surface area (Å²) in [5.41, 5.74) is 8.86. The molecule has 0 amide bonds. The van der Waals surface area contributed by atoms with Gasteiger partial charge in [0.1, 0.15) is 0 Å². The van der Waals surface area contributed by atoms with E-state index in [9.17, 15) is 4.79 Å². The molecule has 0 spiro atoms. The summed E-state index contributed by atoms with van der Waals surface area (Å²) in [5, 5.41) is 1.01. The summed E-state index contributed by atoms with van der Waals surface area (Å²) in [6.45, 7) is 1.90. The molecule has 0 aliphatic heterocycles. The summed E-state index contributed by atoms with van der Waals surface area (Å²) in [4.78, 5) is 12.8. The molecule has 0 aliphatic rings. The van der Waals surface area contributed by atoms with E-state index in [1.165, 1.54) is 0 Å². The number of nitrogen functional groups attached to an aromatic ring is 1. The molecule has 0 fully saturated rings. The van der Waals surface area contributed by atoms with Crippen LogP contribution in [0.3, 0.4) is 0 Å². The molecule has 3 rings (SSSR count). The number of nitrogens with two attached hydrogens (primary N) is 1. The van der Waals surface area contributed by atoms with Gasteiger partial charge in [0.2, 0.25) is 0 Å². The van der Waals surface area contributed by atoms with Crippen LogP contribution < -0.4 is 5.73 Å². The van der Waals surface area contributed by atoms with Crippen molar-refractivity contribution in [3.05, 3.63) is 64.3 Å². The van der Waals surface area contributed by atoms with E-state index >= 15 is 0 Å². The largest absolute Gasteiger partial charge is 0.398 e. The number of benzene rings is 2. The van der Waals surface area contributed by atoms with E-state index < -0.39 is 0 Å². The van der Waals surface area contributed by atoms with Crippen LogP contribution in [0.15, 0.2) is 53.1 Å². The first-order chi connectivity index (χ1) is 9.59. The van der Waals surface area contributed by atoms with Crippen LogP contribution >= 0.6 is 15.9 Å². The fourth-order valence-corrected chi connectivity index (χ4v) is 2.91. The van der Waals surface area contributed by atoms with Crippen molar-refractivity contribution >= 4 is 38.4 Å². The molecular formula is C16H13BrN2O. The molecule has 3 aromatic rings. The topological polar surface area (TPSA) is 48.0 Å². The number of carbonyl (C=O) groups is 1. The lowest BCUT2D eigenvalue weighted by Crippen LogP contribution is -2.14. The normalized spacial score (nSPS) is 10.9. The molecule has 0 radical (unpaired) electrons. The number of rotatable bonds is 1. The molecule has 1 heterocycles. The molecule has 0 saturated carbocycles. The highest BCUT2D eigenvalue weighted by Gasteiger charge is 2.17. The van der Waals surface area contributed by atoms with Gasteiger partial charge in [-0.1, -0.05) is 30.3 Å². The quantitative estimate of drug-likeness (QED) is 0.687. The number of anilines is 1. The van der Waals surface area contributed by atoms with Gasteiger partial charge in [-0.2, -0.15) is 0 Å². The van der Waals surface area contributed by atoms with Crippen LogP contribution in [-0.4, -0.2) is 10.5 Å². The Balaban J connectivity index is 2.23. The number of nitrogens with zero attached hydrogens (tertiary/aromatic N) is 1. The van der Waals surface area contributed by atoms with Crippen molar-refractivity contribution in [2.24, 2.45) is 0 Å². The van der Waals surface area contributed by atoms with Crippen molar-refractivity contribution in [2.75, 3.05) is 5.73 Å². The maximum atomic E-state index is 12.8. The Labute approximate surface area is 125 Å². The summed E-state index contributed by atoms with van der Waals surface area (Å²) in [6.07, 6.45) is 0. The SMILES string of the molecule is Cc1cccc(C(=O)n2c(Br)cc3ccccc32)c1N. The van der Waals surface area contributed by atoms with Crippen LogP contribution in [0.1, 0.15) is 15.9 Å². The van der Waals surface area contributed by atoms with Gasteiger partial charge >= 0.3 is 0 Å². The van der Waals surface area contributed by atoms with Gasteiger partial charge in [0, 0.05) is 11.1 Å². The fraction of sp³-hybridized carbons (Fsp3) is 0.0625. The third kappa shape index (κ3) is 1.93. The van der Waals surface area contributed by atoms with E-state index in [0.29, 0.717) is 11.3 Å². The number of carbonyl (C=O) groups excluding carboxylic acids is 1. The Bertz CT molecular complexity index is 820. The highest BCUT2D eigenvalue weighted by atomic mass is 79.9. The molecule has 20 heavy (non-hydrogen) atoms. The van der Waals surface area contributed by atoms with Crippen LogP contribution in [-0.2, 0) is 0 Å². The van der Waals surface area contributed by atoms with Gasteiger partial charge in [-0.15, -0.1) is 0 Å². The van der Waals surface area contributed by atoms with Crippen LogP contribution in [0.5, 0.6) is 0 Å². The number of aryl methyl sites for hydroxylation is 1. The number of hydrogen-bond acceptors (Lipinski definition) is 2. The first-order valence-corrected chi connectivity index (χ1v) is 7.04. The fourth-order valence-electron chi connectivity index (χ4n) is 2.32. The van der Waals surface area contributed by atoms with E-state index in [4.69, 9.17) is 5.73 Å². The average Bonchev–Trinajstić information content (AvgIpc) is 2.77. The summed E-state index contributed by atoms with van der Waals surface area (Å²) in [5.74, 6) is -0.126. The van der Waals surface area contributed by atoms with Gasteiger partial charge in [0.15, 0.2) is 0 Å². The molecule has 3 nitrogen and oxygen atoms in total. The Morgan fingerprint density at radius 3 is 2.70 bits per heavy atom. The van der Waals surface area contributed by atoms with Crippen molar-refractivity contribution < 1.29 is 4.79 Å². The number of halogens is 1. The van der Waals surface area contributed by atoms with Crippen molar-refractivity contribution in [1.82, 2.24) is 4.57 Å². The standard InChI is InChI=1S/C16H13BrN2O/c1-10-5-4-7-12(15(10)18)16(20)19-13-8-3-2-6-11(13)9-14(19)17/h2-9H,18H2,1H3. The molecule has 0 aliphatic carbocycles. The minimum absolute atomic E-state index is 0.126. The number of aromatic nitrogens is 1. The lowest BCUT2D eigenvalue weighted by molar-refractivity contribution is 0.0963. The van der Waals surface area contributed by atoms with Crippen LogP contribution in [0.25, 0.3) is 10.9 Å². The summed E-state index contributed by atoms with van der Waals surface area (Å²) in [6, 6.07) is 15.2. The molecule has 0 unspecified atom stereocenters. The summed E-state index contributed by atoms with van der Waals surface area (Å²) >= 11 is 3.45. The minimum atomic E-state index is -0.126. The molecule has 0 saturated heterocycles. The number of para-hydroxylation sites is 2. The zero-order chi connectivity index (χ0) is 14.3. The summed E-state index contributed by atoms with van der Waals surface area (Å²) < 4.78 is 2.37. The Morgan fingerprint density at radius 1 is 1.15 bits per heavy atom. The van der Waals surface area contributed by atoms with Crippen LogP contribution in [0, 0.1) is 6.92 Å². The molecule has 2 N–H and O–H groups in total. The molecule has 2 aromatic carbocycles. The van der Waals surface area contributed by atoms with Crippen LogP contribution in [0.2, 0.25) is 0 Å². The van der Waals surface area contributed by atoms with E-state index in [-0.39, 0.29) is 5.91 Å². The van der Waals surface area contributed by atoms with E-state index in [2.05, 4.69) is 15.9 Å². The number of hydrogen-bond donors (Lipinski definition) is 1. The molecule has 0 atom stereocenters. The Hall–Kier alpha value is -2.07. The average molecular weight is 329 g/mol. The second kappa shape index (κ2) is 4.80. The van der Waals surface area contributed by atoms with E-state index in [1.54, 1.807) is 10.6 Å². The predicted molar refractivity (Wildman–Crippen MR) is 85.0 cm³/mol.